The van der Waals surface area contributed by atoms with Gasteiger partial charge in [0.25, 0.3) is 0 Å². The Hall–Kier alpha value is -1.32. The fourth-order valence-electron chi connectivity index (χ4n) is 2.75. The van der Waals surface area contributed by atoms with Crippen LogP contribution < -0.4 is 9.47 Å². The van der Waals surface area contributed by atoms with Crippen molar-refractivity contribution >= 4 is 22.0 Å². The summed E-state index contributed by atoms with van der Waals surface area (Å²) < 4.78 is 11.6. The highest BCUT2D eigenvalue weighted by Gasteiger charge is 2.37. The standard InChI is InChI=1S/C13H12BrNO3/c14-10-5-9(6-11-12(10)18-8-17-11)13(15-7-16)3-1-2-4-13/h5-6H,1-4,8H2. The van der Waals surface area contributed by atoms with Gasteiger partial charge in [0.15, 0.2) is 11.5 Å². The summed E-state index contributed by atoms with van der Waals surface area (Å²) in [6.45, 7) is 0.237. The smallest absolute Gasteiger partial charge is 0.235 e. The third-order valence-electron chi connectivity index (χ3n) is 3.65. The average Bonchev–Trinajstić information content (AvgIpc) is 2.98. The zero-order valence-electron chi connectivity index (χ0n) is 9.74. The molecule has 5 heteroatoms. The lowest BCUT2D eigenvalue weighted by Crippen LogP contribution is -2.18. The number of benzene rings is 1. The number of carbonyl (C=O) groups excluding carboxylic acids is 1. The second-order valence-electron chi connectivity index (χ2n) is 4.63. The summed E-state index contributed by atoms with van der Waals surface area (Å²) >= 11 is 3.48. The predicted molar refractivity (Wildman–Crippen MR) is 68.5 cm³/mol. The molecule has 3 rings (SSSR count). The van der Waals surface area contributed by atoms with Gasteiger partial charge in [0, 0.05) is 0 Å². The van der Waals surface area contributed by atoms with Crippen LogP contribution in [0, 0.1) is 0 Å². The van der Waals surface area contributed by atoms with Crippen LogP contribution in [0.4, 0.5) is 0 Å². The molecule has 0 spiro atoms. The van der Waals surface area contributed by atoms with Gasteiger partial charge in [-0.05, 0) is 46.5 Å². The third kappa shape index (κ3) is 1.74. The number of hydrogen-bond donors (Lipinski definition) is 0. The monoisotopic (exact) mass is 309 g/mol. The fourth-order valence-corrected chi connectivity index (χ4v) is 3.30. The van der Waals surface area contributed by atoms with Crippen LogP contribution in [0.2, 0.25) is 0 Å². The van der Waals surface area contributed by atoms with Crippen molar-refractivity contribution in [2.75, 3.05) is 6.79 Å². The summed E-state index contributed by atoms with van der Waals surface area (Å²) in [4.78, 5) is 14.8. The van der Waals surface area contributed by atoms with Crippen LogP contribution in [0.25, 0.3) is 0 Å². The van der Waals surface area contributed by atoms with Crippen molar-refractivity contribution in [2.45, 2.75) is 31.2 Å². The van der Waals surface area contributed by atoms with E-state index in [2.05, 4.69) is 20.9 Å². The molecule has 1 aromatic rings. The number of ether oxygens (including phenoxy) is 2. The molecule has 1 saturated carbocycles. The van der Waals surface area contributed by atoms with Gasteiger partial charge in [-0.1, -0.05) is 12.8 Å². The minimum Gasteiger partial charge on any atom is -0.454 e. The van der Waals surface area contributed by atoms with Crippen molar-refractivity contribution in [3.63, 3.8) is 0 Å². The molecule has 0 radical (unpaired) electrons. The average molecular weight is 310 g/mol. The molecule has 94 valence electrons. The topological polar surface area (TPSA) is 47.9 Å². The molecule has 1 fully saturated rings. The van der Waals surface area contributed by atoms with Gasteiger partial charge < -0.3 is 9.47 Å². The number of halogens is 1. The second kappa shape index (κ2) is 4.41. The van der Waals surface area contributed by atoms with Gasteiger partial charge in [0.2, 0.25) is 12.9 Å². The highest BCUT2D eigenvalue weighted by Crippen LogP contribution is 2.48. The lowest BCUT2D eigenvalue weighted by molar-refractivity contribution is 0.173. The van der Waals surface area contributed by atoms with Crippen LogP contribution in [0.3, 0.4) is 0 Å². The summed E-state index contributed by atoms with van der Waals surface area (Å²) in [6.07, 6.45) is 5.65. The Balaban J connectivity index is 2.11. The Kier molecular flexibility index (Phi) is 2.88. The Bertz CT molecular complexity index is 531. The lowest BCUT2D eigenvalue weighted by atomic mass is 9.89. The van der Waals surface area contributed by atoms with E-state index in [4.69, 9.17) is 9.47 Å². The van der Waals surface area contributed by atoms with E-state index in [0.29, 0.717) is 5.75 Å². The minimum absolute atomic E-state index is 0.237. The highest BCUT2D eigenvalue weighted by molar-refractivity contribution is 9.10. The van der Waals surface area contributed by atoms with Gasteiger partial charge >= 0.3 is 0 Å². The zero-order chi connectivity index (χ0) is 12.6. The molecule has 1 aliphatic heterocycles. The van der Waals surface area contributed by atoms with Gasteiger partial charge in [-0.25, -0.2) is 4.79 Å². The first-order valence-corrected chi connectivity index (χ1v) is 6.73. The molecule has 0 bridgehead atoms. The number of isocyanates is 1. The number of nitrogens with zero attached hydrogens (tertiary/aromatic N) is 1. The van der Waals surface area contributed by atoms with Crippen LogP contribution >= 0.6 is 15.9 Å². The molecule has 0 saturated heterocycles. The molecular weight excluding hydrogens is 298 g/mol. The largest absolute Gasteiger partial charge is 0.454 e. The summed E-state index contributed by atoms with van der Waals surface area (Å²) in [5.74, 6) is 1.44. The van der Waals surface area contributed by atoms with E-state index in [9.17, 15) is 4.79 Å². The van der Waals surface area contributed by atoms with E-state index < -0.39 is 5.54 Å². The molecule has 2 aliphatic rings. The zero-order valence-corrected chi connectivity index (χ0v) is 11.3. The minimum atomic E-state index is -0.425. The van der Waals surface area contributed by atoms with Gasteiger partial charge in [-0.3, -0.25) is 0 Å². The molecule has 0 N–H and O–H groups in total. The maximum Gasteiger partial charge on any atom is 0.235 e. The van der Waals surface area contributed by atoms with E-state index in [0.717, 1.165) is 41.5 Å². The van der Waals surface area contributed by atoms with Crippen molar-refractivity contribution in [1.82, 2.24) is 0 Å². The Labute approximate surface area is 113 Å². The lowest BCUT2D eigenvalue weighted by Gasteiger charge is -2.23. The number of aliphatic imine (C=N–C) groups is 1. The van der Waals surface area contributed by atoms with E-state index in [1.807, 2.05) is 12.1 Å². The van der Waals surface area contributed by atoms with Crippen LogP contribution in [0.15, 0.2) is 21.6 Å². The fraction of sp³-hybridized carbons (Fsp3) is 0.462. The summed E-state index contributed by atoms with van der Waals surface area (Å²) in [6, 6.07) is 3.90. The van der Waals surface area contributed by atoms with Crippen LogP contribution in [0.1, 0.15) is 31.2 Å². The maximum atomic E-state index is 10.7. The number of rotatable bonds is 2. The normalized spacial score (nSPS) is 19.6. The van der Waals surface area contributed by atoms with Gasteiger partial charge in [0.05, 0.1) is 10.0 Å². The van der Waals surface area contributed by atoms with Gasteiger partial charge in [0.1, 0.15) is 0 Å². The first-order valence-electron chi connectivity index (χ1n) is 5.94. The van der Waals surface area contributed by atoms with E-state index in [1.165, 1.54) is 0 Å². The first kappa shape index (κ1) is 11.8. The Morgan fingerprint density at radius 3 is 2.78 bits per heavy atom. The first-order chi connectivity index (χ1) is 8.75. The quantitative estimate of drug-likeness (QED) is 0.622. The van der Waals surface area contributed by atoms with Crippen molar-refractivity contribution in [1.29, 1.82) is 0 Å². The third-order valence-corrected chi connectivity index (χ3v) is 4.24. The Morgan fingerprint density at radius 2 is 2.06 bits per heavy atom. The van der Waals surface area contributed by atoms with Crippen molar-refractivity contribution in [3.8, 4) is 11.5 Å². The molecule has 1 aliphatic carbocycles. The molecule has 1 heterocycles. The van der Waals surface area contributed by atoms with E-state index in [-0.39, 0.29) is 6.79 Å². The molecule has 0 aromatic heterocycles. The van der Waals surface area contributed by atoms with Crippen LogP contribution in [-0.2, 0) is 10.3 Å². The predicted octanol–water partition coefficient (Wildman–Crippen LogP) is 3.28. The van der Waals surface area contributed by atoms with Crippen LogP contribution in [-0.4, -0.2) is 12.9 Å². The van der Waals surface area contributed by atoms with Gasteiger partial charge in [-0.2, -0.15) is 4.99 Å². The molecule has 0 amide bonds. The van der Waals surface area contributed by atoms with Crippen molar-refractivity contribution < 1.29 is 14.3 Å². The molecule has 1 aromatic carbocycles. The number of fused-ring (bicyclic) bond motifs is 1. The summed E-state index contributed by atoms with van der Waals surface area (Å²) in [5.41, 5.74) is 0.574. The van der Waals surface area contributed by atoms with E-state index >= 15 is 0 Å². The van der Waals surface area contributed by atoms with Crippen molar-refractivity contribution in [3.05, 3.63) is 22.2 Å². The Morgan fingerprint density at radius 1 is 1.28 bits per heavy atom. The highest BCUT2D eigenvalue weighted by atomic mass is 79.9. The number of hydrogen-bond acceptors (Lipinski definition) is 4. The van der Waals surface area contributed by atoms with Crippen LogP contribution in [0.5, 0.6) is 11.5 Å². The summed E-state index contributed by atoms with van der Waals surface area (Å²) in [7, 11) is 0. The summed E-state index contributed by atoms with van der Waals surface area (Å²) in [5, 5.41) is 0. The van der Waals surface area contributed by atoms with E-state index in [1.54, 1.807) is 6.08 Å². The molecule has 0 unspecified atom stereocenters. The molecular formula is C13H12BrNO3. The van der Waals surface area contributed by atoms with Gasteiger partial charge in [-0.15, -0.1) is 0 Å². The maximum absolute atomic E-state index is 10.7. The van der Waals surface area contributed by atoms with Crippen molar-refractivity contribution in [2.24, 2.45) is 4.99 Å². The SMILES string of the molecule is O=C=NC1(c2cc(Br)c3c(c2)OCO3)CCCC1. The molecule has 0 atom stereocenters. The second-order valence-corrected chi connectivity index (χ2v) is 5.49. The molecule has 4 nitrogen and oxygen atoms in total. The molecule has 18 heavy (non-hydrogen) atoms.